The van der Waals surface area contributed by atoms with E-state index in [-0.39, 0.29) is 30.6 Å². The fourth-order valence-corrected chi connectivity index (χ4v) is 3.19. The number of rotatable bonds is 5. The van der Waals surface area contributed by atoms with Crippen LogP contribution in [-0.2, 0) is 16.6 Å². The molecule has 144 valence electrons. The smallest absolute Gasteiger partial charge is 0.263 e. The summed E-state index contributed by atoms with van der Waals surface area (Å²) in [5.74, 6) is -0.231. The predicted molar refractivity (Wildman–Crippen MR) is 97.5 cm³/mol. The number of carbonyl (C=O) groups excluding carboxylic acids is 2. The quantitative estimate of drug-likeness (QED) is 0.705. The van der Waals surface area contributed by atoms with Crippen LogP contribution in [0.25, 0.3) is 0 Å². The van der Waals surface area contributed by atoms with Gasteiger partial charge in [0, 0.05) is 13.5 Å². The van der Waals surface area contributed by atoms with Crippen LogP contribution in [0.5, 0.6) is 5.75 Å². The van der Waals surface area contributed by atoms with Gasteiger partial charge in [0.25, 0.3) is 5.91 Å². The Morgan fingerprint density at radius 2 is 2.21 bits per heavy atom. The number of hydrogen-bond acceptors (Lipinski definition) is 5. The summed E-state index contributed by atoms with van der Waals surface area (Å²) >= 11 is 0. The first-order valence-electron chi connectivity index (χ1n) is 8.60. The highest BCUT2D eigenvalue weighted by Gasteiger charge is 2.35. The molecule has 4 rings (SSSR count). The highest BCUT2D eigenvalue weighted by molar-refractivity contribution is 5.98. The normalized spacial score (nSPS) is 15.6. The zero-order valence-corrected chi connectivity index (χ0v) is 14.9. The Morgan fingerprint density at radius 3 is 2.96 bits per heavy atom. The molecule has 0 saturated carbocycles. The Morgan fingerprint density at radius 1 is 1.39 bits per heavy atom. The Bertz CT molecular complexity index is 1030. The first-order chi connectivity index (χ1) is 13.5. The van der Waals surface area contributed by atoms with Crippen molar-refractivity contribution in [2.24, 2.45) is 7.05 Å². The van der Waals surface area contributed by atoms with E-state index >= 15 is 0 Å². The lowest BCUT2D eigenvalue weighted by Crippen LogP contribution is -2.26. The van der Waals surface area contributed by atoms with Gasteiger partial charge in [0.2, 0.25) is 5.91 Å². The zero-order chi connectivity index (χ0) is 19.7. The highest BCUT2D eigenvalue weighted by atomic mass is 19.1. The number of nitrogens with one attached hydrogen (secondary N) is 2. The molecule has 0 bridgehead atoms. The van der Waals surface area contributed by atoms with Gasteiger partial charge in [-0.15, -0.1) is 0 Å². The molecule has 3 heterocycles. The summed E-state index contributed by atoms with van der Waals surface area (Å²) in [5, 5.41) is 9.74. The Hall–Kier alpha value is -3.62. The molecule has 1 aromatic carbocycles. The van der Waals surface area contributed by atoms with E-state index in [9.17, 15) is 14.0 Å². The van der Waals surface area contributed by atoms with Gasteiger partial charge in [0.05, 0.1) is 17.7 Å². The summed E-state index contributed by atoms with van der Waals surface area (Å²) in [7, 11) is 1.66. The monoisotopic (exact) mass is 384 g/mol. The number of carbonyl (C=O) groups is 2. The van der Waals surface area contributed by atoms with Crippen molar-refractivity contribution in [2.75, 3.05) is 17.2 Å². The number of anilines is 2. The fraction of sp³-hybridized carbons (Fsp3) is 0.211. The molecule has 28 heavy (non-hydrogen) atoms. The van der Waals surface area contributed by atoms with Gasteiger partial charge in [-0.2, -0.15) is 5.10 Å². The summed E-state index contributed by atoms with van der Waals surface area (Å²) in [6.45, 7) is -0.385. The number of furan rings is 1. The number of halogens is 1. The lowest BCUT2D eigenvalue weighted by molar-refractivity contribution is -0.118. The van der Waals surface area contributed by atoms with E-state index in [1.807, 2.05) is 0 Å². The highest BCUT2D eigenvalue weighted by Crippen LogP contribution is 2.41. The maximum Gasteiger partial charge on any atom is 0.263 e. The Kier molecular flexibility index (Phi) is 4.56. The van der Waals surface area contributed by atoms with Crippen LogP contribution in [0.2, 0.25) is 0 Å². The third-order valence-electron chi connectivity index (χ3n) is 4.42. The number of nitrogens with zero attached hydrogens (tertiary/aromatic N) is 2. The molecular formula is C19H17FN4O4. The number of fused-ring (bicyclic) bond motifs is 1. The van der Waals surface area contributed by atoms with Crippen molar-refractivity contribution in [3.05, 3.63) is 59.8 Å². The molecule has 2 N–H and O–H groups in total. The second kappa shape index (κ2) is 7.18. The van der Waals surface area contributed by atoms with Crippen molar-refractivity contribution in [1.82, 2.24) is 9.78 Å². The summed E-state index contributed by atoms with van der Waals surface area (Å²) in [6.07, 6.45) is 1.69. The Labute approximate surface area is 159 Å². The first-order valence-corrected chi connectivity index (χ1v) is 8.60. The number of benzene rings is 1. The van der Waals surface area contributed by atoms with Crippen molar-refractivity contribution in [1.29, 1.82) is 0 Å². The number of aromatic nitrogens is 2. The van der Waals surface area contributed by atoms with Crippen LogP contribution in [0.4, 0.5) is 16.0 Å². The van der Waals surface area contributed by atoms with Crippen LogP contribution in [0.15, 0.2) is 47.1 Å². The maximum absolute atomic E-state index is 13.6. The summed E-state index contributed by atoms with van der Waals surface area (Å²) in [6, 6.07) is 9.34. The van der Waals surface area contributed by atoms with E-state index in [0.29, 0.717) is 23.0 Å². The van der Waals surface area contributed by atoms with Gasteiger partial charge >= 0.3 is 0 Å². The van der Waals surface area contributed by atoms with Crippen molar-refractivity contribution < 1.29 is 23.1 Å². The molecule has 8 nitrogen and oxygen atoms in total. The van der Waals surface area contributed by atoms with Gasteiger partial charge in [0.15, 0.2) is 24.0 Å². The summed E-state index contributed by atoms with van der Waals surface area (Å²) in [5.41, 5.74) is 0.649. The van der Waals surface area contributed by atoms with Crippen LogP contribution >= 0.6 is 0 Å². The molecule has 0 unspecified atom stereocenters. The summed E-state index contributed by atoms with van der Waals surface area (Å²) in [4.78, 5) is 24.4. The van der Waals surface area contributed by atoms with Gasteiger partial charge in [-0.3, -0.25) is 14.3 Å². The van der Waals surface area contributed by atoms with Gasteiger partial charge in [-0.1, -0.05) is 12.1 Å². The van der Waals surface area contributed by atoms with Crippen LogP contribution in [-0.4, -0.2) is 28.2 Å². The van der Waals surface area contributed by atoms with Gasteiger partial charge < -0.3 is 19.8 Å². The molecule has 0 fully saturated rings. The van der Waals surface area contributed by atoms with Crippen LogP contribution in [0.1, 0.15) is 23.7 Å². The number of hydrogen-bond donors (Lipinski definition) is 2. The topological polar surface area (TPSA) is 98.4 Å². The third-order valence-corrected chi connectivity index (χ3v) is 4.42. The molecule has 0 aliphatic carbocycles. The molecule has 9 heteroatoms. The van der Waals surface area contributed by atoms with E-state index in [2.05, 4.69) is 15.7 Å². The second-order valence-corrected chi connectivity index (χ2v) is 6.32. The minimum atomic E-state index is -0.550. The van der Waals surface area contributed by atoms with Crippen LogP contribution in [0, 0.1) is 5.82 Å². The largest absolute Gasteiger partial charge is 0.481 e. The van der Waals surface area contributed by atoms with Crippen molar-refractivity contribution >= 4 is 23.5 Å². The average molecular weight is 384 g/mol. The lowest BCUT2D eigenvalue weighted by atomic mass is 9.91. The number of aryl methyl sites for hydroxylation is 1. The van der Waals surface area contributed by atoms with Gasteiger partial charge in [-0.25, -0.2) is 4.39 Å². The van der Waals surface area contributed by atoms with E-state index < -0.39 is 11.7 Å². The SMILES string of the molecule is Cn1nc(NC(=O)COc2ccccc2F)c2c1NC(=O)C[C@H]2c1ccco1. The standard InChI is InChI=1S/C19H17FN4O4/c1-24-19-17(11(9-15(25)22-19)13-7-4-8-27-13)18(23-24)21-16(26)10-28-14-6-3-2-5-12(14)20/h2-8,11H,9-10H2,1H3,(H,22,25)(H,21,23,26)/t11-/m0/s1. The molecule has 1 atom stereocenters. The first kappa shape index (κ1) is 17.8. The lowest BCUT2D eigenvalue weighted by Gasteiger charge is -2.22. The minimum Gasteiger partial charge on any atom is -0.481 e. The molecule has 1 aliphatic heterocycles. The van der Waals surface area contributed by atoms with Crippen LogP contribution in [0.3, 0.4) is 0 Å². The molecule has 2 aromatic heterocycles. The third kappa shape index (κ3) is 3.34. The Balaban J connectivity index is 1.56. The van der Waals surface area contributed by atoms with Gasteiger partial charge in [-0.05, 0) is 24.3 Å². The van der Waals surface area contributed by atoms with E-state index in [1.54, 1.807) is 25.2 Å². The van der Waals surface area contributed by atoms with E-state index in [0.717, 1.165) is 0 Å². The predicted octanol–water partition coefficient (Wildman–Crippen LogP) is 2.64. The van der Waals surface area contributed by atoms with Gasteiger partial charge in [0.1, 0.15) is 11.6 Å². The minimum absolute atomic E-state index is 0.0126. The van der Waals surface area contributed by atoms with Crippen LogP contribution < -0.4 is 15.4 Å². The number of amides is 2. The fourth-order valence-electron chi connectivity index (χ4n) is 3.19. The van der Waals surface area contributed by atoms with Crippen molar-refractivity contribution in [3.8, 4) is 5.75 Å². The summed E-state index contributed by atoms with van der Waals surface area (Å²) < 4.78 is 25.8. The molecule has 2 amide bonds. The molecule has 1 aliphatic rings. The molecular weight excluding hydrogens is 367 g/mol. The molecule has 0 radical (unpaired) electrons. The molecule has 3 aromatic rings. The number of para-hydroxylation sites is 1. The van der Waals surface area contributed by atoms with E-state index in [4.69, 9.17) is 9.15 Å². The average Bonchev–Trinajstić information content (AvgIpc) is 3.30. The number of ether oxygens (including phenoxy) is 1. The second-order valence-electron chi connectivity index (χ2n) is 6.32. The molecule has 0 spiro atoms. The van der Waals surface area contributed by atoms with E-state index in [1.165, 1.54) is 29.1 Å². The van der Waals surface area contributed by atoms with Crippen molar-refractivity contribution in [2.45, 2.75) is 12.3 Å². The maximum atomic E-state index is 13.6. The zero-order valence-electron chi connectivity index (χ0n) is 14.9. The molecule has 0 saturated heterocycles. The van der Waals surface area contributed by atoms with Crippen molar-refractivity contribution in [3.63, 3.8) is 0 Å².